The molecule has 180 valence electrons. The fourth-order valence-corrected chi connectivity index (χ4v) is 4.03. The van der Waals surface area contributed by atoms with Crippen LogP contribution in [0.5, 0.6) is 0 Å². The average molecular weight is 497 g/mol. The molecule has 2 aromatic carbocycles. The summed E-state index contributed by atoms with van der Waals surface area (Å²) in [5.41, 5.74) is -1.68. The molecule has 0 aliphatic rings. The number of nitrogens with one attached hydrogen (secondary N) is 2. The predicted octanol–water partition coefficient (Wildman–Crippen LogP) is 4.07. The molecule has 0 saturated carbocycles. The van der Waals surface area contributed by atoms with Crippen molar-refractivity contribution in [3.05, 3.63) is 71.1 Å². The van der Waals surface area contributed by atoms with Crippen molar-refractivity contribution in [2.75, 3.05) is 10.0 Å². The zero-order valence-electron chi connectivity index (χ0n) is 17.5. The van der Waals surface area contributed by atoms with Gasteiger partial charge in [0.1, 0.15) is 11.3 Å². The number of carboxylic acid groups (broad SMARTS) is 1. The second-order valence-electron chi connectivity index (χ2n) is 7.15. The number of aryl methyl sites for hydroxylation is 2. The lowest BCUT2D eigenvalue weighted by molar-refractivity contribution is -0.137. The second-order valence-corrected chi connectivity index (χ2v) is 8.83. The van der Waals surface area contributed by atoms with Crippen molar-refractivity contribution in [3.63, 3.8) is 0 Å². The molecule has 3 N–H and O–H groups in total. The summed E-state index contributed by atoms with van der Waals surface area (Å²) < 4.78 is 73.0. The SMILES string of the molecule is Cc1oncc1C(=O)Nc1ccc(NS(=O)(=O)c2ccc(CCC(=O)O)cc2)c(C(F)(F)F)c1. The molecule has 1 amide bonds. The van der Waals surface area contributed by atoms with Crippen LogP contribution in [-0.2, 0) is 27.4 Å². The van der Waals surface area contributed by atoms with Gasteiger partial charge in [-0.1, -0.05) is 17.3 Å². The minimum atomic E-state index is -4.94. The number of anilines is 2. The van der Waals surface area contributed by atoms with Crippen molar-refractivity contribution < 1.29 is 40.8 Å². The van der Waals surface area contributed by atoms with Gasteiger partial charge < -0.3 is 14.9 Å². The number of carbonyl (C=O) groups is 2. The van der Waals surface area contributed by atoms with E-state index in [-0.39, 0.29) is 34.7 Å². The van der Waals surface area contributed by atoms with Gasteiger partial charge in [0, 0.05) is 12.1 Å². The number of benzene rings is 2. The van der Waals surface area contributed by atoms with Crippen LogP contribution in [0.2, 0.25) is 0 Å². The van der Waals surface area contributed by atoms with Crippen LogP contribution < -0.4 is 10.0 Å². The molecule has 1 aromatic heterocycles. The lowest BCUT2D eigenvalue weighted by Gasteiger charge is -2.16. The molecule has 13 heteroatoms. The van der Waals surface area contributed by atoms with E-state index in [9.17, 15) is 31.2 Å². The molecule has 0 unspecified atom stereocenters. The normalized spacial score (nSPS) is 11.8. The number of nitrogens with zero attached hydrogens (tertiary/aromatic N) is 1. The van der Waals surface area contributed by atoms with E-state index in [1.165, 1.54) is 31.2 Å². The molecular weight excluding hydrogens is 479 g/mol. The van der Waals surface area contributed by atoms with Crippen molar-refractivity contribution in [1.29, 1.82) is 0 Å². The topological polar surface area (TPSA) is 139 Å². The van der Waals surface area contributed by atoms with Gasteiger partial charge in [0.05, 0.1) is 22.3 Å². The third-order valence-electron chi connectivity index (χ3n) is 4.68. The van der Waals surface area contributed by atoms with Crippen LogP contribution in [0, 0.1) is 6.92 Å². The summed E-state index contributed by atoms with van der Waals surface area (Å²) in [6, 6.07) is 7.71. The molecule has 3 aromatic rings. The zero-order chi connectivity index (χ0) is 25.1. The van der Waals surface area contributed by atoms with E-state index in [0.717, 1.165) is 18.3 Å². The number of hydrogen-bond acceptors (Lipinski definition) is 6. The lowest BCUT2D eigenvalue weighted by Crippen LogP contribution is -2.18. The molecule has 0 bridgehead atoms. The minimum absolute atomic E-state index is 0.0325. The molecule has 34 heavy (non-hydrogen) atoms. The van der Waals surface area contributed by atoms with Crippen molar-refractivity contribution >= 4 is 33.3 Å². The van der Waals surface area contributed by atoms with E-state index in [4.69, 9.17) is 9.63 Å². The summed E-state index contributed by atoms with van der Waals surface area (Å²) in [5.74, 6) is -1.59. The van der Waals surface area contributed by atoms with Crippen molar-refractivity contribution in [1.82, 2.24) is 5.16 Å². The van der Waals surface area contributed by atoms with Gasteiger partial charge in [0.25, 0.3) is 15.9 Å². The molecule has 0 spiro atoms. The van der Waals surface area contributed by atoms with Crippen LogP contribution in [0.15, 0.2) is 58.1 Å². The number of carbonyl (C=O) groups excluding carboxylic acids is 1. The third kappa shape index (κ3) is 5.92. The number of hydrogen-bond donors (Lipinski definition) is 3. The highest BCUT2D eigenvalue weighted by atomic mass is 32.2. The van der Waals surface area contributed by atoms with Crippen molar-refractivity contribution in [2.45, 2.75) is 30.8 Å². The minimum Gasteiger partial charge on any atom is -0.481 e. The largest absolute Gasteiger partial charge is 0.481 e. The van der Waals surface area contributed by atoms with Crippen LogP contribution >= 0.6 is 0 Å². The standard InChI is InChI=1S/C21H18F3N3O6S/c1-12-16(11-25-33-12)20(30)26-14-5-8-18(17(10-14)21(22,23)24)27-34(31,32)15-6-2-13(3-7-15)4-9-19(28)29/h2-3,5-8,10-11,27H,4,9H2,1H3,(H,26,30)(H,28,29). The maximum atomic E-state index is 13.7. The maximum Gasteiger partial charge on any atom is 0.418 e. The Kier molecular flexibility index (Phi) is 6.96. The van der Waals surface area contributed by atoms with E-state index >= 15 is 0 Å². The Balaban J connectivity index is 1.85. The third-order valence-corrected chi connectivity index (χ3v) is 6.07. The number of aromatic nitrogens is 1. The van der Waals surface area contributed by atoms with Crippen LogP contribution in [0.3, 0.4) is 0 Å². The Morgan fingerprint density at radius 2 is 1.79 bits per heavy atom. The van der Waals surface area contributed by atoms with Crippen LogP contribution in [0.25, 0.3) is 0 Å². The molecule has 0 saturated heterocycles. The first-order chi connectivity index (χ1) is 15.9. The summed E-state index contributed by atoms with van der Waals surface area (Å²) >= 11 is 0. The van der Waals surface area contributed by atoms with E-state index < -0.39 is 39.3 Å². The van der Waals surface area contributed by atoms with Gasteiger partial charge in [-0.3, -0.25) is 14.3 Å². The van der Waals surface area contributed by atoms with Crippen molar-refractivity contribution in [3.8, 4) is 0 Å². The number of carboxylic acids is 1. The Morgan fingerprint density at radius 1 is 1.12 bits per heavy atom. The molecule has 0 radical (unpaired) electrons. The predicted molar refractivity (Wildman–Crippen MR) is 114 cm³/mol. The number of rotatable bonds is 8. The number of aliphatic carboxylic acids is 1. The zero-order valence-corrected chi connectivity index (χ0v) is 18.3. The molecule has 9 nitrogen and oxygen atoms in total. The quantitative estimate of drug-likeness (QED) is 0.426. The van der Waals surface area contributed by atoms with Gasteiger partial charge in [-0.15, -0.1) is 0 Å². The van der Waals surface area contributed by atoms with Crippen LogP contribution in [0.4, 0.5) is 24.5 Å². The monoisotopic (exact) mass is 497 g/mol. The molecule has 0 aliphatic heterocycles. The smallest absolute Gasteiger partial charge is 0.418 e. The Bertz CT molecular complexity index is 1320. The summed E-state index contributed by atoms with van der Waals surface area (Å²) in [5, 5.41) is 14.4. The molecule has 0 atom stereocenters. The Morgan fingerprint density at radius 3 is 2.35 bits per heavy atom. The molecular formula is C21H18F3N3O6S. The van der Waals surface area contributed by atoms with Gasteiger partial charge >= 0.3 is 12.1 Å². The van der Waals surface area contributed by atoms with Crippen molar-refractivity contribution in [2.24, 2.45) is 0 Å². The van der Waals surface area contributed by atoms with Gasteiger partial charge in [0.2, 0.25) is 0 Å². The fourth-order valence-electron chi connectivity index (χ4n) is 2.95. The summed E-state index contributed by atoms with van der Waals surface area (Å²) in [7, 11) is -4.40. The van der Waals surface area contributed by atoms with E-state index in [2.05, 4.69) is 10.5 Å². The number of amides is 1. The summed E-state index contributed by atoms with van der Waals surface area (Å²) in [6.45, 7) is 1.46. The maximum absolute atomic E-state index is 13.7. The first-order valence-electron chi connectivity index (χ1n) is 9.64. The van der Waals surface area contributed by atoms with Gasteiger partial charge in [-0.25, -0.2) is 8.42 Å². The average Bonchev–Trinajstić information content (AvgIpc) is 3.18. The number of alkyl halides is 3. The molecule has 0 aliphatic carbocycles. The van der Waals surface area contributed by atoms with Gasteiger partial charge in [-0.2, -0.15) is 13.2 Å². The molecule has 0 fully saturated rings. The Labute approximate surface area is 191 Å². The van der Waals surface area contributed by atoms with Crippen LogP contribution in [0.1, 0.15) is 33.7 Å². The van der Waals surface area contributed by atoms with Gasteiger partial charge in [-0.05, 0) is 49.2 Å². The van der Waals surface area contributed by atoms with E-state index in [0.29, 0.717) is 11.6 Å². The first-order valence-corrected chi connectivity index (χ1v) is 11.1. The summed E-state index contributed by atoms with van der Waals surface area (Å²) in [6.07, 6.45) is -3.81. The highest BCUT2D eigenvalue weighted by Crippen LogP contribution is 2.37. The lowest BCUT2D eigenvalue weighted by atomic mass is 10.1. The highest BCUT2D eigenvalue weighted by Gasteiger charge is 2.35. The van der Waals surface area contributed by atoms with E-state index in [1.807, 2.05) is 4.72 Å². The van der Waals surface area contributed by atoms with Crippen LogP contribution in [-0.4, -0.2) is 30.6 Å². The second kappa shape index (κ2) is 9.55. The number of halogens is 3. The number of sulfonamides is 1. The highest BCUT2D eigenvalue weighted by molar-refractivity contribution is 7.92. The fraction of sp³-hybridized carbons (Fsp3) is 0.190. The summed E-state index contributed by atoms with van der Waals surface area (Å²) in [4.78, 5) is 22.6. The molecule has 3 rings (SSSR count). The van der Waals surface area contributed by atoms with Gasteiger partial charge in [0.15, 0.2) is 0 Å². The van der Waals surface area contributed by atoms with E-state index in [1.54, 1.807) is 0 Å². The molecule has 1 heterocycles. The Hall–Kier alpha value is -3.87. The first kappa shape index (κ1) is 24.8.